The normalized spacial score (nSPS) is 10.8. The number of para-hydroxylation sites is 1. The molecule has 0 aliphatic rings. The summed E-state index contributed by atoms with van der Waals surface area (Å²) in [6, 6.07) is 19.1. The Hall–Kier alpha value is -3.03. The van der Waals surface area contributed by atoms with E-state index in [0.717, 1.165) is 5.56 Å². The molecule has 146 valence electrons. The van der Waals surface area contributed by atoms with Crippen LogP contribution in [0.5, 0.6) is 0 Å². The minimum absolute atomic E-state index is 0.103. The fourth-order valence-corrected chi connectivity index (χ4v) is 3.89. The van der Waals surface area contributed by atoms with E-state index >= 15 is 0 Å². The van der Waals surface area contributed by atoms with Gasteiger partial charge < -0.3 is 5.32 Å². The Balaban J connectivity index is 1.69. The molecular weight excluding hydrogens is 406 g/mol. The summed E-state index contributed by atoms with van der Waals surface area (Å²) < 4.78 is 3.18. The molecule has 0 atom stereocenters. The van der Waals surface area contributed by atoms with Gasteiger partial charge in [-0.3, -0.25) is 9.47 Å². The van der Waals surface area contributed by atoms with Crippen molar-refractivity contribution in [1.82, 2.24) is 19.5 Å². The fourth-order valence-electron chi connectivity index (χ4n) is 2.84. The number of halogens is 1. The molecular formula is C21H18ClN5OS. The lowest BCUT2D eigenvalue weighted by atomic mass is 10.2. The molecule has 0 unspecified atom stereocenters. The molecule has 0 fully saturated rings. The van der Waals surface area contributed by atoms with Crippen LogP contribution in [-0.2, 0) is 5.75 Å². The molecule has 0 spiro atoms. The largest absolute Gasteiger partial charge is 0.333 e. The van der Waals surface area contributed by atoms with E-state index in [9.17, 15) is 4.79 Å². The van der Waals surface area contributed by atoms with Crippen LogP contribution in [0.3, 0.4) is 0 Å². The number of thioether (sulfide) groups is 1. The van der Waals surface area contributed by atoms with Crippen molar-refractivity contribution in [2.45, 2.75) is 17.8 Å². The third-order valence-electron chi connectivity index (χ3n) is 4.21. The zero-order valence-corrected chi connectivity index (χ0v) is 17.2. The van der Waals surface area contributed by atoms with Gasteiger partial charge in [0, 0.05) is 18.1 Å². The van der Waals surface area contributed by atoms with E-state index in [1.165, 1.54) is 22.0 Å². The quantitative estimate of drug-likeness (QED) is 0.453. The second-order valence-electron chi connectivity index (χ2n) is 6.39. The highest BCUT2D eigenvalue weighted by Crippen LogP contribution is 2.24. The Labute approximate surface area is 177 Å². The second kappa shape index (κ2) is 8.55. The first-order valence-corrected chi connectivity index (χ1v) is 10.3. The van der Waals surface area contributed by atoms with Gasteiger partial charge in [0.15, 0.2) is 0 Å². The highest BCUT2D eigenvalue weighted by molar-refractivity contribution is 7.98. The average molecular weight is 424 g/mol. The summed E-state index contributed by atoms with van der Waals surface area (Å²) >= 11 is 7.65. The van der Waals surface area contributed by atoms with E-state index in [2.05, 4.69) is 40.6 Å². The van der Waals surface area contributed by atoms with Gasteiger partial charge in [0.05, 0.1) is 10.7 Å². The first-order chi connectivity index (χ1) is 14.1. The van der Waals surface area contributed by atoms with Crippen LogP contribution in [0.2, 0.25) is 5.02 Å². The molecule has 6 nitrogen and oxygen atoms in total. The molecule has 0 aliphatic heterocycles. The predicted molar refractivity (Wildman–Crippen MR) is 117 cm³/mol. The van der Waals surface area contributed by atoms with Gasteiger partial charge in [-0.05, 0) is 36.8 Å². The van der Waals surface area contributed by atoms with Crippen molar-refractivity contribution < 1.29 is 0 Å². The molecule has 0 aliphatic carbocycles. The van der Waals surface area contributed by atoms with E-state index < -0.39 is 0 Å². The molecule has 4 aromatic rings. The number of aryl methyl sites for hydroxylation is 1. The first-order valence-electron chi connectivity index (χ1n) is 8.95. The highest BCUT2D eigenvalue weighted by Gasteiger charge is 2.15. The van der Waals surface area contributed by atoms with E-state index in [0.29, 0.717) is 21.6 Å². The first kappa shape index (κ1) is 19.3. The van der Waals surface area contributed by atoms with Crippen LogP contribution in [-0.4, -0.2) is 19.5 Å². The Morgan fingerprint density at radius 3 is 2.59 bits per heavy atom. The monoisotopic (exact) mass is 423 g/mol. The predicted octanol–water partition coefficient (Wildman–Crippen LogP) is 4.75. The SMILES string of the molecule is Cc1cccc(CSc2nnc(Nc3ccccc3Cl)c(=O)n2-n2cccc2)c1. The van der Waals surface area contributed by atoms with Gasteiger partial charge in [0.1, 0.15) is 0 Å². The third-order valence-corrected chi connectivity index (χ3v) is 5.53. The van der Waals surface area contributed by atoms with E-state index in [1.54, 1.807) is 29.2 Å². The zero-order valence-electron chi connectivity index (χ0n) is 15.6. The van der Waals surface area contributed by atoms with Crippen molar-refractivity contribution in [1.29, 1.82) is 0 Å². The molecule has 29 heavy (non-hydrogen) atoms. The lowest BCUT2D eigenvalue weighted by molar-refractivity contribution is 0.533. The Kier molecular flexibility index (Phi) is 5.69. The van der Waals surface area contributed by atoms with E-state index in [4.69, 9.17) is 11.6 Å². The van der Waals surface area contributed by atoms with Crippen molar-refractivity contribution in [3.05, 3.63) is 99.6 Å². The van der Waals surface area contributed by atoms with Gasteiger partial charge in [-0.25, -0.2) is 0 Å². The van der Waals surface area contributed by atoms with Crippen molar-refractivity contribution in [3.63, 3.8) is 0 Å². The molecule has 0 bridgehead atoms. The van der Waals surface area contributed by atoms with Gasteiger partial charge in [0.25, 0.3) is 0 Å². The summed E-state index contributed by atoms with van der Waals surface area (Å²) in [5.41, 5.74) is 2.63. The van der Waals surface area contributed by atoms with Gasteiger partial charge in [-0.2, -0.15) is 4.68 Å². The molecule has 1 N–H and O–H groups in total. The van der Waals surface area contributed by atoms with Crippen LogP contribution in [0.1, 0.15) is 11.1 Å². The number of anilines is 2. The number of rotatable bonds is 6. The van der Waals surface area contributed by atoms with Crippen molar-refractivity contribution >= 4 is 34.9 Å². The molecule has 0 saturated heterocycles. The molecule has 2 aromatic carbocycles. The summed E-state index contributed by atoms with van der Waals surface area (Å²) in [4.78, 5) is 13.2. The lowest BCUT2D eigenvalue weighted by Crippen LogP contribution is -2.30. The smallest absolute Gasteiger partial charge is 0.316 e. The maximum Gasteiger partial charge on any atom is 0.316 e. The van der Waals surface area contributed by atoms with Crippen LogP contribution in [0, 0.1) is 6.92 Å². The second-order valence-corrected chi connectivity index (χ2v) is 7.74. The Bertz CT molecular complexity index is 1190. The van der Waals surface area contributed by atoms with Crippen LogP contribution in [0.15, 0.2) is 83.0 Å². The van der Waals surface area contributed by atoms with Gasteiger partial charge in [-0.1, -0.05) is 65.3 Å². The number of hydrogen-bond donors (Lipinski definition) is 1. The summed E-state index contributed by atoms with van der Waals surface area (Å²) in [5.74, 6) is 0.778. The topological polar surface area (TPSA) is 64.7 Å². The Morgan fingerprint density at radius 1 is 1.03 bits per heavy atom. The minimum Gasteiger partial charge on any atom is -0.333 e. The number of nitrogens with zero attached hydrogens (tertiary/aromatic N) is 4. The summed E-state index contributed by atoms with van der Waals surface area (Å²) in [7, 11) is 0. The molecule has 8 heteroatoms. The number of nitrogens with one attached hydrogen (secondary N) is 1. The molecule has 0 radical (unpaired) electrons. The van der Waals surface area contributed by atoms with Crippen LogP contribution in [0.25, 0.3) is 0 Å². The lowest BCUT2D eigenvalue weighted by Gasteiger charge is -2.14. The minimum atomic E-state index is -0.317. The molecule has 2 aromatic heterocycles. The Morgan fingerprint density at radius 2 is 1.83 bits per heavy atom. The standard InChI is InChI=1S/C21H18ClN5OS/c1-15-7-6-8-16(13-15)14-29-21-25-24-19(23-18-10-3-2-9-17(18)22)20(28)27(21)26-11-4-5-12-26/h2-13H,14H2,1H3,(H,23,24). The molecule has 0 amide bonds. The highest BCUT2D eigenvalue weighted by atomic mass is 35.5. The maximum atomic E-state index is 13.2. The zero-order chi connectivity index (χ0) is 20.2. The fraction of sp³-hybridized carbons (Fsp3) is 0.0952. The summed E-state index contributed by atoms with van der Waals surface area (Å²) in [6.07, 6.45) is 3.58. The molecule has 2 heterocycles. The summed E-state index contributed by atoms with van der Waals surface area (Å²) in [6.45, 7) is 2.05. The maximum absolute atomic E-state index is 13.2. The third kappa shape index (κ3) is 4.36. The number of aromatic nitrogens is 4. The van der Waals surface area contributed by atoms with Crippen LogP contribution < -0.4 is 10.9 Å². The van der Waals surface area contributed by atoms with Crippen LogP contribution in [0.4, 0.5) is 11.5 Å². The summed E-state index contributed by atoms with van der Waals surface area (Å²) in [5, 5.41) is 12.4. The average Bonchev–Trinajstić information content (AvgIpc) is 3.24. The van der Waals surface area contributed by atoms with Gasteiger partial charge in [0.2, 0.25) is 11.0 Å². The van der Waals surface area contributed by atoms with Crippen molar-refractivity contribution in [3.8, 4) is 0 Å². The molecule has 4 rings (SSSR count). The number of hydrogen-bond acceptors (Lipinski definition) is 5. The van der Waals surface area contributed by atoms with Crippen molar-refractivity contribution in [2.75, 3.05) is 5.32 Å². The number of benzene rings is 2. The van der Waals surface area contributed by atoms with E-state index in [-0.39, 0.29) is 11.4 Å². The van der Waals surface area contributed by atoms with Crippen LogP contribution >= 0.6 is 23.4 Å². The van der Waals surface area contributed by atoms with Gasteiger partial charge >= 0.3 is 5.56 Å². The van der Waals surface area contributed by atoms with Gasteiger partial charge in [-0.15, -0.1) is 10.2 Å². The van der Waals surface area contributed by atoms with Crippen molar-refractivity contribution in [2.24, 2.45) is 0 Å². The molecule has 0 saturated carbocycles. The van der Waals surface area contributed by atoms with E-state index in [1.807, 2.05) is 30.3 Å².